The molecular weight excluding hydrogens is 254 g/mol. The molecule has 1 heterocycles. The van der Waals surface area contributed by atoms with Crippen molar-refractivity contribution in [2.24, 2.45) is 0 Å². The zero-order valence-corrected chi connectivity index (χ0v) is 11.3. The summed E-state index contributed by atoms with van der Waals surface area (Å²) in [5, 5.41) is 5.59. The minimum Gasteiger partial charge on any atom is -0.497 e. The quantitative estimate of drug-likeness (QED) is 0.875. The first-order valence-corrected chi connectivity index (χ1v) is 6.31. The van der Waals surface area contributed by atoms with Crippen molar-refractivity contribution in [3.63, 3.8) is 0 Å². The van der Waals surface area contributed by atoms with Crippen LogP contribution in [0.1, 0.15) is 11.1 Å². The van der Waals surface area contributed by atoms with E-state index in [1.54, 1.807) is 19.5 Å². The van der Waals surface area contributed by atoms with E-state index < -0.39 is 0 Å². The molecule has 0 bridgehead atoms. The Labute approximate surface area is 118 Å². The number of ether oxygens (including phenoxy) is 1. The van der Waals surface area contributed by atoms with Crippen LogP contribution in [0.25, 0.3) is 0 Å². The van der Waals surface area contributed by atoms with Gasteiger partial charge in [0.15, 0.2) is 0 Å². The number of hydrogen-bond donors (Lipinski definition) is 2. The zero-order chi connectivity index (χ0) is 14.2. The number of benzene rings is 1. The van der Waals surface area contributed by atoms with E-state index in [-0.39, 0.29) is 6.03 Å². The van der Waals surface area contributed by atoms with Crippen LogP contribution in [0.3, 0.4) is 0 Å². The van der Waals surface area contributed by atoms with Gasteiger partial charge in [0.1, 0.15) is 5.75 Å². The van der Waals surface area contributed by atoms with Crippen molar-refractivity contribution in [1.82, 2.24) is 15.6 Å². The smallest absolute Gasteiger partial charge is 0.315 e. The Bertz CT molecular complexity index is 558. The van der Waals surface area contributed by atoms with Gasteiger partial charge in [-0.25, -0.2) is 4.79 Å². The van der Waals surface area contributed by atoms with E-state index in [2.05, 4.69) is 15.6 Å². The van der Waals surface area contributed by atoms with Gasteiger partial charge >= 0.3 is 6.03 Å². The first kappa shape index (κ1) is 13.9. The molecule has 0 radical (unpaired) electrons. The van der Waals surface area contributed by atoms with Crippen LogP contribution in [-0.4, -0.2) is 18.1 Å². The summed E-state index contributed by atoms with van der Waals surface area (Å²) in [4.78, 5) is 15.6. The topological polar surface area (TPSA) is 63.2 Å². The van der Waals surface area contributed by atoms with Gasteiger partial charge in [0.2, 0.25) is 0 Å². The van der Waals surface area contributed by atoms with Gasteiger partial charge in [0.05, 0.1) is 7.11 Å². The lowest BCUT2D eigenvalue weighted by molar-refractivity contribution is 0.240. The van der Waals surface area contributed by atoms with Crippen molar-refractivity contribution >= 4 is 6.03 Å². The molecule has 0 fully saturated rings. The number of nitrogens with zero attached hydrogens (tertiary/aromatic N) is 1. The van der Waals surface area contributed by atoms with Gasteiger partial charge in [-0.2, -0.15) is 0 Å². The second-order valence-corrected chi connectivity index (χ2v) is 4.24. The summed E-state index contributed by atoms with van der Waals surface area (Å²) in [6, 6.07) is 11.1. The third-order valence-corrected chi connectivity index (χ3v) is 2.79. The van der Waals surface area contributed by atoms with E-state index >= 15 is 0 Å². The molecule has 5 nitrogen and oxygen atoms in total. The van der Waals surface area contributed by atoms with Gasteiger partial charge in [0.25, 0.3) is 0 Å². The molecule has 0 spiro atoms. The molecule has 0 unspecified atom stereocenters. The Morgan fingerprint density at radius 2 is 1.80 bits per heavy atom. The van der Waals surface area contributed by atoms with E-state index in [0.717, 1.165) is 16.9 Å². The lowest BCUT2D eigenvalue weighted by Gasteiger charge is -2.08. The average molecular weight is 271 g/mol. The summed E-state index contributed by atoms with van der Waals surface area (Å²) in [5.74, 6) is 0.779. The van der Waals surface area contributed by atoms with E-state index in [0.29, 0.717) is 13.1 Å². The Morgan fingerprint density at radius 3 is 2.50 bits per heavy atom. The number of aromatic nitrogens is 1. The molecule has 1 aromatic heterocycles. The fourth-order valence-corrected chi connectivity index (χ4v) is 1.71. The summed E-state index contributed by atoms with van der Waals surface area (Å²) >= 11 is 0. The summed E-state index contributed by atoms with van der Waals surface area (Å²) in [7, 11) is 1.62. The maximum atomic E-state index is 11.7. The molecule has 20 heavy (non-hydrogen) atoms. The molecule has 2 rings (SSSR count). The highest BCUT2D eigenvalue weighted by Gasteiger charge is 2.01. The van der Waals surface area contributed by atoms with Crippen LogP contribution in [0.5, 0.6) is 5.75 Å². The number of urea groups is 1. The lowest BCUT2D eigenvalue weighted by Crippen LogP contribution is -2.34. The molecule has 1 aromatic carbocycles. The molecule has 0 saturated carbocycles. The number of carbonyl (C=O) groups excluding carboxylic acids is 1. The van der Waals surface area contributed by atoms with Crippen LogP contribution in [0, 0.1) is 0 Å². The van der Waals surface area contributed by atoms with Crippen LogP contribution in [0.4, 0.5) is 4.79 Å². The summed E-state index contributed by atoms with van der Waals surface area (Å²) < 4.78 is 5.13. The van der Waals surface area contributed by atoms with Crippen molar-refractivity contribution in [3.8, 4) is 5.75 Å². The second kappa shape index (κ2) is 7.13. The molecule has 0 aliphatic carbocycles. The van der Waals surface area contributed by atoms with Crippen molar-refractivity contribution in [1.29, 1.82) is 0 Å². The van der Waals surface area contributed by atoms with E-state index in [9.17, 15) is 4.79 Å². The van der Waals surface area contributed by atoms with Crippen LogP contribution in [0.15, 0.2) is 48.8 Å². The van der Waals surface area contributed by atoms with Crippen LogP contribution < -0.4 is 15.4 Å². The second-order valence-electron chi connectivity index (χ2n) is 4.24. The predicted octanol–water partition coefficient (Wildman–Crippen LogP) is 2.09. The Hall–Kier alpha value is -2.56. The van der Waals surface area contributed by atoms with E-state index in [1.807, 2.05) is 36.4 Å². The molecule has 2 aromatic rings. The molecule has 2 amide bonds. The third kappa shape index (κ3) is 4.28. The maximum Gasteiger partial charge on any atom is 0.315 e. The highest BCUT2D eigenvalue weighted by molar-refractivity contribution is 5.73. The molecule has 0 aliphatic heterocycles. The number of amides is 2. The van der Waals surface area contributed by atoms with Gasteiger partial charge in [-0.05, 0) is 35.4 Å². The van der Waals surface area contributed by atoms with Gasteiger partial charge in [0, 0.05) is 25.5 Å². The fourth-order valence-electron chi connectivity index (χ4n) is 1.71. The molecule has 2 N–H and O–H groups in total. The van der Waals surface area contributed by atoms with Crippen LogP contribution in [0.2, 0.25) is 0 Å². The first-order chi connectivity index (χ1) is 9.78. The van der Waals surface area contributed by atoms with Gasteiger partial charge in [-0.1, -0.05) is 12.1 Å². The maximum absolute atomic E-state index is 11.7. The Balaban J connectivity index is 1.77. The van der Waals surface area contributed by atoms with Crippen molar-refractivity contribution < 1.29 is 9.53 Å². The molecular formula is C15H17N3O2. The lowest BCUT2D eigenvalue weighted by atomic mass is 10.2. The summed E-state index contributed by atoms with van der Waals surface area (Å²) in [5.41, 5.74) is 2.00. The molecule has 104 valence electrons. The minimum absolute atomic E-state index is 0.204. The molecule has 0 saturated heterocycles. The van der Waals surface area contributed by atoms with E-state index in [4.69, 9.17) is 4.74 Å². The van der Waals surface area contributed by atoms with Gasteiger partial charge < -0.3 is 15.4 Å². The van der Waals surface area contributed by atoms with Gasteiger partial charge in [-0.15, -0.1) is 0 Å². The highest BCUT2D eigenvalue weighted by Crippen LogP contribution is 2.11. The molecule has 0 aliphatic rings. The monoisotopic (exact) mass is 271 g/mol. The molecule has 0 atom stereocenters. The zero-order valence-electron chi connectivity index (χ0n) is 11.3. The van der Waals surface area contributed by atoms with Crippen LogP contribution >= 0.6 is 0 Å². The molecule has 5 heteroatoms. The highest BCUT2D eigenvalue weighted by atomic mass is 16.5. The number of carbonyl (C=O) groups is 1. The normalized spacial score (nSPS) is 9.85. The standard InChI is InChI=1S/C15H17N3O2/c1-20-14-4-2-3-13(9-14)11-18-15(19)17-10-12-5-7-16-8-6-12/h2-9H,10-11H2,1H3,(H2,17,18,19). The Morgan fingerprint density at radius 1 is 1.10 bits per heavy atom. The fraction of sp³-hybridized carbons (Fsp3) is 0.200. The number of nitrogens with one attached hydrogen (secondary N) is 2. The number of methoxy groups -OCH3 is 1. The average Bonchev–Trinajstić information content (AvgIpc) is 2.52. The number of hydrogen-bond acceptors (Lipinski definition) is 3. The minimum atomic E-state index is -0.204. The van der Waals surface area contributed by atoms with Crippen molar-refractivity contribution in [3.05, 3.63) is 59.9 Å². The third-order valence-electron chi connectivity index (χ3n) is 2.79. The first-order valence-electron chi connectivity index (χ1n) is 6.31. The van der Waals surface area contributed by atoms with E-state index in [1.165, 1.54) is 0 Å². The van der Waals surface area contributed by atoms with Crippen LogP contribution in [-0.2, 0) is 13.1 Å². The Kier molecular flexibility index (Phi) is 4.94. The van der Waals surface area contributed by atoms with Crippen molar-refractivity contribution in [2.45, 2.75) is 13.1 Å². The summed E-state index contributed by atoms with van der Waals surface area (Å²) in [6.07, 6.45) is 3.40. The van der Waals surface area contributed by atoms with Crippen molar-refractivity contribution in [2.75, 3.05) is 7.11 Å². The van der Waals surface area contributed by atoms with Gasteiger partial charge in [-0.3, -0.25) is 4.98 Å². The predicted molar refractivity (Wildman–Crippen MR) is 76.3 cm³/mol. The number of pyridine rings is 1. The SMILES string of the molecule is COc1cccc(CNC(=O)NCc2ccncc2)c1. The largest absolute Gasteiger partial charge is 0.497 e. The summed E-state index contributed by atoms with van der Waals surface area (Å²) in [6.45, 7) is 0.936. The number of rotatable bonds is 5.